The summed E-state index contributed by atoms with van der Waals surface area (Å²) < 4.78 is 5.43. The number of amides is 2. The van der Waals surface area contributed by atoms with Gasteiger partial charge in [0.15, 0.2) is 5.69 Å². The normalized spacial score (nSPS) is 11.6. The van der Waals surface area contributed by atoms with E-state index in [1.807, 2.05) is 37.3 Å². The summed E-state index contributed by atoms with van der Waals surface area (Å²) in [6, 6.07) is 23.3. The lowest BCUT2D eigenvalue weighted by Crippen LogP contribution is -2.28. The van der Waals surface area contributed by atoms with Crippen molar-refractivity contribution in [2.75, 3.05) is 5.32 Å². The number of anilines is 1. The van der Waals surface area contributed by atoms with Crippen LogP contribution in [-0.2, 0) is 0 Å². The van der Waals surface area contributed by atoms with Gasteiger partial charge >= 0.3 is 0 Å². The fourth-order valence-corrected chi connectivity index (χ4v) is 3.43. The fraction of sp³-hybridized carbons (Fsp3) is 0.0800. The van der Waals surface area contributed by atoms with Gasteiger partial charge in [-0.15, -0.1) is 0 Å². The molecule has 4 rings (SSSR count). The molecule has 1 atom stereocenters. The van der Waals surface area contributed by atoms with Crippen LogP contribution in [0.1, 0.15) is 39.4 Å². The summed E-state index contributed by atoms with van der Waals surface area (Å²) in [6.07, 6.45) is 1.26. The first-order valence-electron chi connectivity index (χ1n) is 9.99. The van der Waals surface area contributed by atoms with Crippen molar-refractivity contribution in [3.63, 3.8) is 0 Å². The molecule has 7 heteroatoms. The Bertz CT molecular complexity index is 1250. The molecular formula is C25H20ClN3O3. The van der Waals surface area contributed by atoms with E-state index in [4.69, 9.17) is 16.0 Å². The Kier molecular flexibility index (Phi) is 6.33. The number of halogens is 1. The van der Waals surface area contributed by atoms with E-state index in [1.165, 1.54) is 6.26 Å². The molecule has 0 saturated heterocycles. The monoisotopic (exact) mass is 445 g/mol. The van der Waals surface area contributed by atoms with Crippen LogP contribution in [0.4, 0.5) is 5.69 Å². The molecule has 1 heterocycles. The molecule has 0 aliphatic carbocycles. The third-order valence-electron chi connectivity index (χ3n) is 4.91. The van der Waals surface area contributed by atoms with E-state index in [9.17, 15) is 9.59 Å². The van der Waals surface area contributed by atoms with E-state index >= 15 is 0 Å². The molecular weight excluding hydrogens is 426 g/mol. The number of rotatable bonds is 6. The van der Waals surface area contributed by atoms with Crippen molar-refractivity contribution in [2.24, 2.45) is 0 Å². The van der Waals surface area contributed by atoms with Gasteiger partial charge in [-0.05, 0) is 36.8 Å². The van der Waals surface area contributed by atoms with E-state index in [0.717, 1.165) is 5.56 Å². The average Bonchev–Trinajstić information content (AvgIpc) is 3.30. The number of nitrogens with one attached hydrogen (secondary N) is 2. The summed E-state index contributed by atoms with van der Waals surface area (Å²) in [6.45, 7) is 1.90. The third kappa shape index (κ3) is 4.71. The SMILES string of the molecule is CC(NC(=O)c1ccccc1NC(=O)c1coc(-c2ccccc2Cl)n1)c1ccccc1. The van der Waals surface area contributed by atoms with Crippen molar-refractivity contribution in [1.29, 1.82) is 0 Å². The van der Waals surface area contributed by atoms with Crippen molar-refractivity contribution in [3.05, 3.63) is 107 Å². The van der Waals surface area contributed by atoms with Gasteiger partial charge in [-0.3, -0.25) is 9.59 Å². The smallest absolute Gasteiger partial charge is 0.277 e. The first-order chi connectivity index (χ1) is 15.5. The zero-order valence-electron chi connectivity index (χ0n) is 17.2. The van der Waals surface area contributed by atoms with Crippen molar-refractivity contribution in [2.45, 2.75) is 13.0 Å². The van der Waals surface area contributed by atoms with Gasteiger partial charge in [0, 0.05) is 0 Å². The molecule has 3 aromatic carbocycles. The number of carbonyl (C=O) groups excluding carboxylic acids is 2. The molecule has 160 valence electrons. The van der Waals surface area contributed by atoms with Crippen LogP contribution in [0.3, 0.4) is 0 Å². The van der Waals surface area contributed by atoms with Gasteiger partial charge in [0.05, 0.1) is 27.9 Å². The Hall–Kier alpha value is -3.90. The van der Waals surface area contributed by atoms with E-state index < -0.39 is 5.91 Å². The second-order valence-electron chi connectivity index (χ2n) is 7.12. The number of oxazole rings is 1. The lowest BCUT2D eigenvalue weighted by molar-refractivity contribution is 0.0940. The highest BCUT2D eigenvalue weighted by Crippen LogP contribution is 2.27. The van der Waals surface area contributed by atoms with Crippen LogP contribution in [-0.4, -0.2) is 16.8 Å². The molecule has 4 aromatic rings. The minimum absolute atomic E-state index is 0.0767. The second-order valence-corrected chi connectivity index (χ2v) is 7.53. The van der Waals surface area contributed by atoms with E-state index in [2.05, 4.69) is 15.6 Å². The largest absolute Gasteiger partial charge is 0.444 e. The fourth-order valence-electron chi connectivity index (χ4n) is 3.21. The maximum atomic E-state index is 12.9. The summed E-state index contributed by atoms with van der Waals surface area (Å²) in [7, 11) is 0. The van der Waals surface area contributed by atoms with Gasteiger partial charge in [0.25, 0.3) is 11.8 Å². The lowest BCUT2D eigenvalue weighted by Gasteiger charge is -2.16. The first-order valence-corrected chi connectivity index (χ1v) is 10.4. The first kappa shape index (κ1) is 21.3. The Morgan fingerprint density at radius 2 is 1.59 bits per heavy atom. The zero-order chi connectivity index (χ0) is 22.5. The summed E-state index contributed by atoms with van der Waals surface area (Å²) in [5.74, 6) is -0.555. The predicted molar refractivity (Wildman–Crippen MR) is 124 cm³/mol. The topological polar surface area (TPSA) is 84.2 Å². The standard InChI is InChI=1S/C25H20ClN3O3/c1-16(17-9-3-2-4-10-17)27-23(30)19-12-6-8-14-21(19)28-24(31)22-15-32-25(29-22)18-11-5-7-13-20(18)26/h2-16H,1H3,(H,27,30)(H,28,31). The molecule has 0 fully saturated rings. The molecule has 0 aliphatic heterocycles. The van der Waals surface area contributed by atoms with Crippen molar-refractivity contribution in [3.8, 4) is 11.5 Å². The van der Waals surface area contributed by atoms with Gasteiger partial charge in [-0.1, -0.05) is 66.2 Å². The summed E-state index contributed by atoms with van der Waals surface area (Å²) in [4.78, 5) is 29.9. The van der Waals surface area contributed by atoms with Crippen molar-refractivity contribution in [1.82, 2.24) is 10.3 Å². The number of hydrogen-bond donors (Lipinski definition) is 2. The number of hydrogen-bond acceptors (Lipinski definition) is 4. The van der Waals surface area contributed by atoms with Gasteiger partial charge < -0.3 is 15.1 Å². The minimum Gasteiger partial charge on any atom is -0.444 e. The van der Waals surface area contributed by atoms with Crippen LogP contribution in [0, 0.1) is 0 Å². The minimum atomic E-state index is -0.497. The molecule has 32 heavy (non-hydrogen) atoms. The van der Waals surface area contributed by atoms with Crippen molar-refractivity contribution < 1.29 is 14.0 Å². The summed E-state index contributed by atoms with van der Waals surface area (Å²) >= 11 is 6.17. The van der Waals surface area contributed by atoms with Crippen LogP contribution in [0.2, 0.25) is 5.02 Å². The van der Waals surface area contributed by atoms with Crippen LogP contribution in [0.25, 0.3) is 11.5 Å². The molecule has 0 spiro atoms. The Labute approximate surface area is 190 Å². The lowest BCUT2D eigenvalue weighted by atomic mass is 10.1. The Morgan fingerprint density at radius 1 is 0.906 bits per heavy atom. The maximum absolute atomic E-state index is 12.9. The van der Waals surface area contributed by atoms with E-state index in [1.54, 1.807) is 48.5 Å². The number of nitrogens with zero attached hydrogens (tertiary/aromatic N) is 1. The second kappa shape index (κ2) is 9.49. The highest BCUT2D eigenvalue weighted by Gasteiger charge is 2.19. The van der Waals surface area contributed by atoms with Crippen molar-refractivity contribution >= 4 is 29.1 Å². The number of carbonyl (C=O) groups is 2. The summed E-state index contributed by atoms with van der Waals surface area (Å²) in [5.41, 5.74) is 2.36. The molecule has 0 radical (unpaired) electrons. The van der Waals surface area contributed by atoms with Crippen LogP contribution in [0.15, 0.2) is 89.5 Å². The molecule has 2 N–H and O–H groups in total. The van der Waals surface area contributed by atoms with E-state index in [0.29, 0.717) is 21.8 Å². The van der Waals surface area contributed by atoms with Crippen LogP contribution >= 0.6 is 11.6 Å². The highest BCUT2D eigenvalue weighted by molar-refractivity contribution is 6.33. The molecule has 6 nitrogen and oxygen atoms in total. The predicted octanol–water partition coefficient (Wildman–Crippen LogP) is 5.74. The molecule has 0 aliphatic rings. The van der Waals surface area contributed by atoms with Gasteiger partial charge in [0.2, 0.25) is 5.89 Å². The van der Waals surface area contributed by atoms with Crippen LogP contribution < -0.4 is 10.6 Å². The average molecular weight is 446 g/mol. The molecule has 0 saturated carbocycles. The molecule has 0 bridgehead atoms. The Morgan fingerprint density at radius 3 is 2.38 bits per heavy atom. The molecule has 2 amide bonds. The van der Waals surface area contributed by atoms with Gasteiger partial charge in [-0.2, -0.15) is 0 Å². The molecule has 1 aromatic heterocycles. The van der Waals surface area contributed by atoms with Gasteiger partial charge in [0.1, 0.15) is 6.26 Å². The zero-order valence-corrected chi connectivity index (χ0v) is 18.0. The van der Waals surface area contributed by atoms with Gasteiger partial charge in [-0.25, -0.2) is 4.98 Å². The number of para-hydroxylation sites is 1. The molecule has 1 unspecified atom stereocenters. The number of aromatic nitrogens is 1. The quantitative estimate of drug-likeness (QED) is 0.396. The van der Waals surface area contributed by atoms with Crippen LogP contribution in [0.5, 0.6) is 0 Å². The summed E-state index contributed by atoms with van der Waals surface area (Å²) in [5, 5.41) is 6.17. The van der Waals surface area contributed by atoms with E-state index in [-0.39, 0.29) is 23.5 Å². The highest BCUT2D eigenvalue weighted by atomic mass is 35.5. The third-order valence-corrected chi connectivity index (χ3v) is 5.24. The maximum Gasteiger partial charge on any atom is 0.277 e. The Balaban J connectivity index is 1.50. The number of benzene rings is 3.